The summed E-state index contributed by atoms with van der Waals surface area (Å²) in [6.45, 7) is 1.96. The largest absolute Gasteiger partial charge is 0.393 e. The van der Waals surface area contributed by atoms with E-state index in [9.17, 15) is 5.11 Å². The Morgan fingerprint density at radius 2 is 2.07 bits per heavy atom. The minimum Gasteiger partial charge on any atom is -0.393 e. The molecular formula is C21H26N4OS. The Hall–Kier alpha value is -2.05. The first-order chi connectivity index (χ1) is 13.1. The number of thioether (sulfide) groups is 1. The van der Waals surface area contributed by atoms with Crippen molar-refractivity contribution < 1.29 is 5.11 Å². The summed E-state index contributed by atoms with van der Waals surface area (Å²) in [6, 6.07) is 10.2. The van der Waals surface area contributed by atoms with Crippen molar-refractivity contribution in [3.8, 4) is 0 Å². The van der Waals surface area contributed by atoms with Crippen molar-refractivity contribution in [1.29, 1.82) is 0 Å². The van der Waals surface area contributed by atoms with Gasteiger partial charge in [-0.2, -0.15) is 0 Å². The van der Waals surface area contributed by atoms with Gasteiger partial charge in [0, 0.05) is 41.3 Å². The van der Waals surface area contributed by atoms with Crippen molar-refractivity contribution in [2.45, 2.75) is 44.1 Å². The summed E-state index contributed by atoms with van der Waals surface area (Å²) in [7, 11) is 2.14. The summed E-state index contributed by atoms with van der Waals surface area (Å²) in [4.78, 5) is 12.3. The predicted octanol–water partition coefficient (Wildman–Crippen LogP) is 4.38. The normalized spacial score (nSPS) is 25.4. The lowest BCUT2D eigenvalue weighted by Gasteiger charge is -2.33. The molecule has 5 nitrogen and oxygen atoms in total. The van der Waals surface area contributed by atoms with Gasteiger partial charge in [-0.1, -0.05) is 36.4 Å². The van der Waals surface area contributed by atoms with Gasteiger partial charge in [0.05, 0.1) is 11.5 Å². The number of rotatable bonds is 4. The number of para-hydroxylation sites is 1. The lowest BCUT2D eigenvalue weighted by Crippen LogP contribution is -2.33. The molecule has 0 bridgehead atoms. The van der Waals surface area contributed by atoms with Gasteiger partial charge in [-0.25, -0.2) is 9.97 Å². The second kappa shape index (κ2) is 7.90. The van der Waals surface area contributed by atoms with Crippen LogP contribution in [-0.2, 0) is 0 Å². The molecule has 1 fully saturated rings. The molecule has 2 aliphatic rings. The number of aliphatic hydroxyl groups is 1. The smallest absolute Gasteiger partial charge is 0.227 e. The van der Waals surface area contributed by atoms with E-state index in [0.717, 1.165) is 30.6 Å². The Kier molecular flexibility index (Phi) is 5.36. The Morgan fingerprint density at radius 1 is 1.22 bits per heavy atom. The number of nitrogens with one attached hydrogen (secondary N) is 1. The fraction of sp³-hybridized carbons (Fsp3) is 0.429. The monoisotopic (exact) mass is 382 g/mol. The van der Waals surface area contributed by atoms with E-state index in [1.54, 1.807) is 6.20 Å². The van der Waals surface area contributed by atoms with Gasteiger partial charge in [-0.15, -0.1) is 0 Å². The number of benzene rings is 1. The van der Waals surface area contributed by atoms with Crippen LogP contribution >= 0.6 is 11.8 Å². The fourth-order valence-corrected chi connectivity index (χ4v) is 5.42. The van der Waals surface area contributed by atoms with Crippen LogP contribution in [0.1, 0.15) is 36.9 Å². The molecule has 2 aromatic rings. The molecule has 1 aliphatic carbocycles. The maximum Gasteiger partial charge on any atom is 0.227 e. The van der Waals surface area contributed by atoms with Crippen LogP contribution < -0.4 is 5.32 Å². The van der Waals surface area contributed by atoms with E-state index in [4.69, 9.17) is 0 Å². The third-order valence-electron chi connectivity index (χ3n) is 5.29. The summed E-state index contributed by atoms with van der Waals surface area (Å²) in [6.07, 6.45) is 8.02. The zero-order valence-electron chi connectivity index (χ0n) is 15.8. The Morgan fingerprint density at radius 3 is 2.89 bits per heavy atom. The van der Waals surface area contributed by atoms with Crippen LogP contribution in [0.15, 0.2) is 42.7 Å². The first-order valence-electron chi connectivity index (χ1n) is 9.55. The average molecular weight is 383 g/mol. The summed E-state index contributed by atoms with van der Waals surface area (Å²) >= 11 is 1.90. The van der Waals surface area contributed by atoms with Crippen LogP contribution in [0.25, 0.3) is 4.91 Å². The number of aryl methyl sites for hydroxylation is 1. The number of hydrogen-bond donors (Lipinski definition) is 2. The highest BCUT2D eigenvalue weighted by molar-refractivity contribution is 8.09. The van der Waals surface area contributed by atoms with Crippen molar-refractivity contribution in [3.05, 3.63) is 54.0 Å². The lowest BCUT2D eigenvalue weighted by atomic mass is 9.87. The SMILES string of the molecule is Cc1ccnc(Nc2ccccc2C2=CN(C)C(C3CCCC(O)C3)S2)n1. The van der Waals surface area contributed by atoms with Gasteiger partial charge in [0.15, 0.2) is 0 Å². The van der Waals surface area contributed by atoms with Gasteiger partial charge in [0.25, 0.3) is 0 Å². The van der Waals surface area contributed by atoms with Crippen LogP contribution in [0, 0.1) is 12.8 Å². The van der Waals surface area contributed by atoms with Crippen LogP contribution in [0.2, 0.25) is 0 Å². The van der Waals surface area contributed by atoms with E-state index in [0.29, 0.717) is 17.2 Å². The number of aliphatic hydroxyl groups excluding tert-OH is 1. The molecule has 27 heavy (non-hydrogen) atoms. The Bertz CT molecular complexity index is 840. The summed E-state index contributed by atoms with van der Waals surface area (Å²) in [5, 5.41) is 13.8. The van der Waals surface area contributed by atoms with Gasteiger partial charge in [0.2, 0.25) is 5.95 Å². The minimum absolute atomic E-state index is 0.144. The maximum absolute atomic E-state index is 10.1. The molecule has 0 radical (unpaired) electrons. The molecule has 0 saturated heterocycles. The van der Waals surface area contributed by atoms with E-state index in [2.05, 4.69) is 51.6 Å². The van der Waals surface area contributed by atoms with Gasteiger partial charge in [0.1, 0.15) is 0 Å². The maximum atomic E-state index is 10.1. The quantitative estimate of drug-likeness (QED) is 0.818. The standard InChI is InChI=1S/C21H26N4OS/c1-14-10-11-22-21(23-14)24-18-9-4-3-8-17(18)19-13-25(2)20(27-19)15-6-5-7-16(26)12-15/h3-4,8-11,13,15-16,20,26H,5-7,12H2,1-2H3,(H,22,23,24). The molecule has 3 atom stereocenters. The number of nitrogens with zero attached hydrogens (tertiary/aromatic N) is 3. The molecule has 1 aromatic heterocycles. The second-order valence-electron chi connectivity index (χ2n) is 7.44. The zero-order valence-corrected chi connectivity index (χ0v) is 16.6. The van der Waals surface area contributed by atoms with Gasteiger partial charge >= 0.3 is 0 Å². The number of hydrogen-bond acceptors (Lipinski definition) is 6. The van der Waals surface area contributed by atoms with Gasteiger partial charge < -0.3 is 15.3 Å². The molecule has 2 N–H and O–H groups in total. The molecule has 3 unspecified atom stereocenters. The first kappa shape index (κ1) is 18.3. The highest BCUT2D eigenvalue weighted by Crippen LogP contribution is 2.47. The molecule has 1 saturated carbocycles. The third-order valence-corrected chi connectivity index (χ3v) is 6.83. The molecule has 4 rings (SSSR count). The Balaban J connectivity index is 1.54. The first-order valence-corrected chi connectivity index (χ1v) is 10.4. The topological polar surface area (TPSA) is 61.3 Å². The minimum atomic E-state index is -0.144. The van der Waals surface area contributed by atoms with Crippen LogP contribution in [0.5, 0.6) is 0 Å². The van der Waals surface area contributed by atoms with Crippen LogP contribution in [0.3, 0.4) is 0 Å². The van der Waals surface area contributed by atoms with E-state index in [1.165, 1.54) is 16.9 Å². The molecule has 1 aliphatic heterocycles. The number of aromatic nitrogens is 2. The van der Waals surface area contributed by atoms with Crippen molar-refractivity contribution in [1.82, 2.24) is 14.9 Å². The molecule has 142 valence electrons. The predicted molar refractivity (Wildman–Crippen MR) is 112 cm³/mol. The average Bonchev–Trinajstić information content (AvgIpc) is 3.04. The zero-order chi connectivity index (χ0) is 18.8. The fourth-order valence-electron chi connectivity index (χ4n) is 3.96. The molecule has 6 heteroatoms. The summed E-state index contributed by atoms with van der Waals surface area (Å²) < 4.78 is 0. The van der Waals surface area contributed by atoms with Crippen molar-refractivity contribution in [3.63, 3.8) is 0 Å². The molecule has 0 spiro atoms. The van der Waals surface area contributed by atoms with Crippen LogP contribution in [0.4, 0.5) is 11.6 Å². The molecule has 2 heterocycles. The van der Waals surface area contributed by atoms with Gasteiger partial charge in [-0.3, -0.25) is 0 Å². The van der Waals surface area contributed by atoms with Gasteiger partial charge in [-0.05, 0) is 44.2 Å². The molecular weight excluding hydrogens is 356 g/mol. The summed E-state index contributed by atoms with van der Waals surface area (Å²) in [5.41, 5.74) is 3.12. The molecule has 0 amide bonds. The van der Waals surface area contributed by atoms with E-state index >= 15 is 0 Å². The third kappa shape index (κ3) is 4.12. The Labute approximate surface area is 164 Å². The van der Waals surface area contributed by atoms with E-state index in [-0.39, 0.29) is 6.10 Å². The van der Waals surface area contributed by atoms with Crippen molar-refractivity contribution in [2.24, 2.45) is 5.92 Å². The second-order valence-corrected chi connectivity index (χ2v) is 8.60. The van der Waals surface area contributed by atoms with E-state index in [1.807, 2.05) is 30.8 Å². The van der Waals surface area contributed by atoms with E-state index < -0.39 is 0 Å². The number of anilines is 2. The molecule has 1 aromatic carbocycles. The van der Waals surface area contributed by atoms with Crippen molar-refractivity contribution in [2.75, 3.05) is 12.4 Å². The lowest BCUT2D eigenvalue weighted by molar-refractivity contribution is 0.0886. The highest BCUT2D eigenvalue weighted by Gasteiger charge is 2.34. The highest BCUT2D eigenvalue weighted by atomic mass is 32.2. The van der Waals surface area contributed by atoms with Crippen LogP contribution in [-0.4, -0.2) is 38.5 Å². The summed E-state index contributed by atoms with van der Waals surface area (Å²) in [5.74, 6) is 1.14. The van der Waals surface area contributed by atoms with Crippen molar-refractivity contribution >= 4 is 28.3 Å².